The van der Waals surface area contributed by atoms with Gasteiger partial charge in [0.25, 0.3) is 5.91 Å². The molecule has 5 nitrogen and oxygen atoms in total. The largest absolute Gasteiger partial charge is 0.308 e. The zero-order valence-corrected chi connectivity index (χ0v) is 19.9. The summed E-state index contributed by atoms with van der Waals surface area (Å²) in [4.78, 5) is 21.2. The summed E-state index contributed by atoms with van der Waals surface area (Å²) in [6.07, 6.45) is 14.2. The highest BCUT2D eigenvalue weighted by Crippen LogP contribution is 2.26. The van der Waals surface area contributed by atoms with Crippen LogP contribution in [0.2, 0.25) is 0 Å². The lowest BCUT2D eigenvalue weighted by molar-refractivity contribution is -0.124. The Morgan fingerprint density at radius 2 is 2.03 bits per heavy atom. The third-order valence-corrected chi connectivity index (χ3v) is 5.74. The SMILES string of the molecule is C/C(=C\C(=O)N1C=C(c2cc(F)c3nc(C)cn3c2)C=CC1C)C1=CCN(C)CC1.CC. The highest BCUT2D eigenvalue weighted by atomic mass is 19.1. The number of rotatable bonds is 3. The molecule has 2 aliphatic rings. The van der Waals surface area contributed by atoms with Gasteiger partial charge in [-0.1, -0.05) is 32.1 Å². The lowest BCUT2D eigenvalue weighted by Gasteiger charge is -2.27. The standard InChI is InChI=1S/C24H27FN4O.C2H6/c1-16(19-7-9-27(4)10-8-19)11-23(30)29-15-20(6-5-18(29)3)21-12-22(25)24-26-17(2)13-28(24)14-21;1-2/h5-7,11-15,18H,8-10H2,1-4H3;1-2H3/b16-11+;. The number of aryl methyl sites for hydroxylation is 1. The Morgan fingerprint density at radius 1 is 1.28 bits per heavy atom. The maximum absolute atomic E-state index is 14.5. The molecule has 4 heterocycles. The molecule has 0 radical (unpaired) electrons. The summed E-state index contributed by atoms with van der Waals surface area (Å²) >= 11 is 0. The van der Waals surface area contributed by atoms with Crippen molar-refractivity contribution < 1.29 is 9.18 Å². The van der Waals surface area contributed by atoms with Crippen LogP contribution >= 0.6 is 0 Å². The van der Waals surface area contributed by atoms with Crippen LogP contribution in [-0.4, -0.2) is 51.3 Å². The molecule has 2 aromatic heterocycles. The van der Waals surface area contributed by atoms with Crippen molar-refractivity contribution in [2.75, 3.05) is 20.1 Å². The number of likely N-dealkylation sites (N-methyl/N-ethyl adjacent to an activating group) is 1. The minimum atomic E-state index is -0.378. The van der Waals surface area contributed by atoms with Crippen LogP contribution in [0.3, 0.4) is 0 Å². The van der Waals surface area contributed by atoms with Crippen LogP contribution in [0.4, 0.5) is 4.39 Å². The summed E-state index contributed by atoms with van der Waals surface area (Å²) < 4.78 is 16.2. The van der Waals surface area contributed by atoms with E-state index in [0.717, 1.165) is 36.4 Å². The molecular formula is C26H33FN4O. The molecule has 1 unspecified atom stereocenters. The van der Waals surface area contributed by atoms with Gasteiger partial charge < -0.3 is 14.2 Å². The van der Waals surface area contributed by atoms with Gasteiger partial charge in [-0.2, -0.15) is 0 Å². The number of amides is 1. The number of carbonyl (C=O) groups excluding carboxylic acids is 1. The van der Waals surface area contributed by atoms with Crippen molar-refractivity contribution in [1.82, 2.24) is 19.2 Å². The number of hydrogen-bond acceptors (Lipinski definition) is 3. The minimum absolute atomic E-state index is 0.0679. The molecule has 1 amide bonds. The van der Waals surface area contributed by atoms with Gasteiger partial charge in [0, 0.05) is 43.3 Å². The molecule has 6 heteroatoms. The number of carbonyl (C=O) groups is 1. The molecule has 0 saturated carbocycles. The van der Waals surface area contributed by atoms with Crippen molar-refractivity contribution in [2.45, 2.75) is 47.1 Å². The second kappa shape index (κ2) is 10.1. The average molecular weight is 437 g/mol. The van der Waals surface area contributed by atoms with Gasteiger partial charge in [0.05, 0.1) is 11.7 Å². The summed E-state index contributed by atoms with van der Waals surface area (Å²) in [5.41, 5.74) is 4.80. The second-order valence-corrected chi connectivity index (χ2v) is 8.19. The fraction of sp³-hybridized carbons (Fsp3) is 0.385. The normalized spacial score (nSPS) is 19.4. The first-order chi connectivity index (χ1) is 15.3. The molecule has 32 heavy (non-hydrogen) atoms. The van der Waals surface area contributed by atoms with E-state index in [0.29, 0.717) is 11.2 Å². The molecule has 0 fully saturated rings. The van der Waals surface area contributed by atoms with Gasteiger partial charge in [-0.3, -0.25) is 4.79 Å². The molecule has 4 rings (SSSR count). The molecule has 170 valence electrons. The first-order valence-corrected chi connectivity index (χ1v) is 11.3. The van der Waals surface area contributed by atoms with Crippen LogP contribution in [0.1, 0.15) is 45.4 Å². The maximum Gasteiger partial charge on any atom is 0.251 e. The first kappa shape index (κ1) is 23.7. The second-order valence-electron chi connectivity index (χ2n) is 8.19. The lowest BCUT2D eigenvalue weighted by Crippen LogP contribution is -2.33. The Hall–Kier alpha value is -2.99. The van der Waals surface area contributed by atoms with Crippen molar-refractivity contribution in [1.29, 1.82) is 0 Å². The molecule has 1 atom stereocenters. The van der Waals surface area contributed by atoms with Crippen LogP contribution in [0, 0.1) is 12.7 Å². The van der Waals surface area contributed by atoms with Gasteiger partial charge in [0.15, 0.2) is 11.5 Å². The van der Waals surface area contributed by atoms with Crippen molar-refractivity contribution in [3.05, 3.63) is 77.2 Å². The van der Waals surface area contributed by atoms with Gasteiger partial charge in [0.1, 0.15) is 0 Å². The molecule has 2 aromatic rings. The Morgan fingerprint density at radius 3 is 2.72 bits per heavy atom. The van der Waals surface area contributed by atoms with Crippen LogP contribution < -0.4 is 0 Å². The van der Waals surface area contributed by atoms with Crippen molar-refractivity contribution >= 4 is 17.1 Å². The summed E-state index contributed by atoms with van der Waals surface area (Å²) in [7, 11) is 2.09. The minimum Gasteiger partial charge on any atom is -0.308 e. The fourth-order valence-electron chi connectivity index (χ4n) is 3.90. The quantitative estimate of drug-likeness (QED) is 0.625. The molecular weight excluding hydrogens is 403 g/mol. The van der Waals surface area contributed by atoms with E-state index < -0.39 is 0 Å². The predicted molar refractivity (Wildman–Crippen MR) is 129 cm³/mol. The summed E-state index contributed by atoms with van der Waals surface area (Å²) in [5, 5.41) is 0. The van der Waals surface area contributed by atoms with E-state index in [9.17, 15) is 9.18 Å². The van der Waals surface area contributed by atoms with Gasteiger partial charge in [-0.15, -0.1) is 0 Å². The Labute approximate surface area is 190 Å². The number of fused-ring (bicyclic) bond motifs is 1. The predicted octanol–water partition coefficient (Wildman–Crippen LogP) is 5.14. The molecule has 0 saturated heterocycles. The summed E-state index contributed by atoms with van der Waals surface area (Å²) in [5.74, 6) is -0.446. The van der Waals surface area contributed by atoms with Crippen molar-refractivity contribution in [3.8, 4) is 0 Å². The number of halogens is 1. The maximum atomic E-state index is 14.5. The lowest BCUT2D eigenvalue weighted by atomic mass is 9.99. The number of pyridine rings is 1. The monoisotopic (exact) mass is 436 g/mol. The van der Waals surface area contributed by atoms with E-state index >= 15 is 0 Å². The van der Waals surface area contributed by atoms with Gasteiger partial charge in [0.2, 0.25) is 0 Å². The van der Waals surface area contributed by atoms with E-state index in [4.69, 9.17) is 0 Å². The van der Waals surface area contributed by atoms with Crippen LogP contribution in [0.25, 0.3) is 11.2 Å². The van der Waals surface area contributed by atoms with Gasteiger partial charge in [-0.05, 0) is 57.0 Å². The van der Waals surface area contributed by atoms with Gasteiger partial charge >= 0.3 is 0 Å². The third-order valence-electron chi connectivity index (χ3n) is 5.74. The Kier molecular flexibility index (Phi) is 7.46. The van der Waals surface area contributed by atoms with E-state index in [1.165, 1.54) is 11.6 Å². The number of aromatic nitrogens is 2. The average Bonchev–Trinajstić information content (AvgIpc) is 3.16. The highest BCUT2D eigenvalue weighted by Gasteiger charge is 2.21. The fourth-order valence-corrected chi connectivity index (χ4v) is 3.90. The number of imidazole rings is 1. The molecule has 0 aliphatic carbocycles. The van der Waals surface area contributed by atoms with Crippen molar-refractivity contribution in [2.24, 2.45) is 0 Å². The van der Waals surface area contributed by atoms with Gasteiger partial charge in [-0.25, -0.2) is 9.37 Å². The van der Waals surface area contributed by atoms with E-state index in [1.807, 2.05) is 59.2 Å². The van der Waals surface area contributed by atoms with Crippen LogP contribution in [0.15, 0.2) is 60.1 Å². The molecule has 2 aliphatic heterocycles. The van der Waals surface area contributed by atoms with Crippen LogP contribution in [-0.2, 0) is 4.79 Å². The molecule has 0 spiro atoms. The number of hydrogen-bond donors (Lipinski definition) is 0. The van der Waals surface area contributed by atoms with Crippen LogP contribution in [0.5, 0.6) is 0 Å². The summed E-state index contributed by atoms with van der Waals surface area (Å²) in [6.45, 7) is 11.7. The van der Waals surface area contributed by atoms with E-state index in [-0.39, 0.29) is 17.8 Å². The zero-order chi connectivity index (χ0) is 23.4. The van der Waals surface area contributed by atoms with E-state index in [2.05, 4.69) is 23.0 Å². The van der Waals surface area contributed by atoms with E-state index in [1.54, 1.807) is 21.6 Å². The molecule has 0 bridgehead atoms. The first-order valence-electron chi connectivity index (χ1n) is 11.3. The highest BCUT2D eigenvalue weighted by molar-refractivity contribution is 5.92. The Bertz CT molecular complexity index is 1120. The molecule has 0 aromatic carbocycles. The smallest absolute Gasteiger partial charge is 0.251 e. The number of nitrogens with zero attached hydrogens (tertiary/aromatic N) is 4. The van der Waals surface area contributed by atoms with Crippen molar-refractivity contribution in [3.63, 3.8) is 0 Å². The number of allylic oxidation sites excluding steroid dienone is 3. The molecule has 0 N–H and O–H groups in total. The zero-order valence-electron chi connectivity index (χ0n) is 19.9. The topological polar surface area (TPSA) is 40.9 Å². The summed E-state index contributed by atoms with van der Waals surface area (Å²) in [6, 6.07) is 1.40. The third kappa shape index (κ3) is 5.07. The Balaban J connectivity index is 0.00000141.